The van der Waals surface area contributed by atoms with Crippen LogP contribution < -0.4 is 15.4 Å². The molecule has 1 aromatic carbocycles. The van der Waals surface area contributed by atoms with Gasteiger partial charge in [-0.05, 0) is 26.0 Å². The second kappa shape index (κ2) is 9.65. The molecular weight excluding hydrogens is 334 g/mol. The molecule has 1 heterocycles. The van der Waals surface area contributed by atoms with Crippen LogP contribution in [0.5, 0.6) is 5.75 Å². The molecule has 0 unspecified atom stereocenters. The summed E-state index contributed by atoms with van der Waals surface area (Å²) >= 11 is 0. The number of guanidine groups is 1. The van der Waals surface area contributed by atoms with Gasteiger partial charge in [0.15, 0.2) is 5.96 Å². The number of hydrogen-bond donors (Lipinski definition) is 2. The molecule has 1 saturated heterocycles. The van der Waals surface area contributed by atoms with E-state index in [0.717, 1.165) is 12.3 Å². The van der Waals surface area contributed by atoms with Crippen molar-refractivity contribution >= 4 is 17.9 Å². The molecule has 0 atom stereocenters. The Hall–Kier alpha value is -2.77. The lowest BCUT2D eigenvalue weighted by Crippen LogP contribution is -2.41. The first-order valence-corrected chi connectivity index (χ1v) is 8.78. The molecule has 1 aliphatic heterocycles. The maximum Gasteiger partial charge on any atom is 0.324 e. The molecule has 1 aliphatic rings. The minimum absolute atomic E-state index is 0.0683. The third-order valence-corrected chi connectivity index (χ3v) is 3.94. The van der Waals surface area contributed by atoms with Crippen molar-refractivity contribution in [3.8, 4) is 5.75 Å². The Morgan fingerprint density at radius 2 is 2.08 bits per heavy atom. The number of nitrogens with zero attached hydrogens (tertiary/aromatic N) is 3. The summed E-state index contributed by atoms with van der Waals surface area (Å²) < 4.78 is 5.74. The van der Waals surface area contributed by atoms with E-state index in [-0.39, 0.29) is 25.0 Å². The van der Waals surface area contributed by atoms with Crippen molar-refractivity contribution in [1.29, 1.82) is 0 Å². The second-order valence-corrected chi connectivity index (χ2v) is 6.02. The number of amides is 3. The van der Waals surface area contributed by atoms with E-state index in [1.807, 2.05) is 50.1 Å². The Bertz CT molecular complexity index is 629. The van der Waals surface area contributed by atoms with Crippen molar-refractivity contribution in [2.45, 2.75) is 13.8 Å². The normalized spacial score (nSPS) is 14.4. The van der Waals surface area contributed by atoms with Crippen molar-refractivity contribution in [3.05, 3.63) is 29.8 Å². The summed E-state index contributed by atoms with van der Waals surface area (Å²) in [4.78, 5) is 30.7. The molecule has 0 saturated carbocycles. The number of nitrogens with one attached hydrogen (secondary N) is 2. The van der Waals surface area contributed by atoms with E-state index in [2.05, 4.69) is 15.6 Å². The number of ether oxygens (including phenoxy) is 1. The number of aryl methyl sites for hydroxylation is 1. The highest BCUT2D eigenvalue weighted by molar-refractivity contribution is 6.01. The number of urea groups is 1. The fourth-order valence-electron chi connectivity index (χ4n) is 2.45. The van der Waals surface area contributed by atoms with Gasteiger partial charge in [0.05, 0.1) is 26.2 Å². The zero-order chi connectivity index (χ0) is 18.9. The first-order chi connectivity index (χ1) is 12.5. The minimum atomic E-state index is -0.352. The molecule has 8 heteroatoms. The van der Waals surface area contributed by atoms with E-state index in [0.29, 0.717) is 25.7 Å². The quantitative estimate of drug-likeness (QED) is 0.407. The predicted octanol–water partition coefficient (Wildman–Crippen LogP) is 0.823. The molecule has 26 heavy (non-hydrogen) atoms. The molecule has 0 bridgehead atoms. The third kappa shape index (κ3) is 5.65. The van der Waals surface area contributed by atoms with Crippen LogP contribution in [0.15, 0.2) is 29.3 Å². The van der Waals surface area contributed by atoms with Crippen LogP contribution in [0, 0.1) is 6.92 Å². The van der Waals surface area contributed by atoms with Crippen LogP contribution in [-0.4, -0.2) is 74.1 Å². The summed E-state index contributed by atoms with van der Waals surface area (Å²) in [6, 6.07) is 7.58. The average molecular weight is 361 g/mol. The summed E-state index contributed by atoms with van der Waals surface area (Å²) in [7, 11) is 1.92. The Balaban J connectivity index is 1.81. The van der Waals surface area contributed by atoms with E-state index in [1.165, 1.54) is 10.5 Å². The molecule has 3 amide bonds. The highest BCUT2D eigenvalue weighted by atomic mass is 16.5. The van der Waals surface area contributed by atoms with Crippen LogP contribution in [-0.2, 0) is 4.79 Å². The summed E-state index contributed by atoms with van der Waals surface area (Å²) in [6.45, 7) is 6.63. The molecule has 8 nitrogen and oxygen atoms in total. The molecule has 142 valence electrons. The third-order valence-electron chi connectivity index (χ3n) is 3.94. The highest BCUT2D eigenvalue weighted by Crippen LogP contribution is 2.11. The standard InChI is InChI=1S/C18H27N5O3/c1-4-19-17(20-9-10-23-16(24)13-21-18(23)25)22(3)11-12-26-15-7-5-14(2)6-8-15/h5-8H,4,9-13H2,1-3H3,(H,19,20)(H,21,25). The van der Waals surface area contributed by atoms with Gasteiger partial charge < -0.3 is 20.3 Å². The number of rotatable bonds is 8. The van der Waals surface area contributed by atoms with Gasteiger partial charge >= 0.3 is 6.03 Å². The number of aliphatic imine (C=N–C) groups is 1. The number of carbonyl (C=O) groups is 2. The number of likely N-dealkylation sites (N-methyl/N-ethyl adjacent to an activating group) is 1. The molecule has 2 N–H and O–H groups in total. The number of hydrogen-bond acceptors (Lipinski definition) is 4. The van der Waals surface area contributed by atoms with Gasteiger partial charge in [-0.1, -0.05) is 17.7 Å². The van der Waals surface area contributed by atoms with Crippen LogP contribution >= 0.6 is 0 Å². The van der Waals surface area contributed by atoms with Crippen LogP contribution in [0.4, 0.5) is 4.79 Å². The van der Waals surface area contributed by atoms with Crippen molar-refractivity contribution in [1.82, 2.24) is 20.4 Å². The molecule has 0 aromatic heterocycles. The minimum Gasteiger partial charge on any atom is -0.492 e. The Morgan fingerprint density at radius 1 is 1.35 bits per heavy atom. The van der Waals surface area contributed by atoms with Gasteiger partial charge in [0.2, 0.25) is 5.91 Å². The Morgan fingerprint density at radius 3 is 2.69 bits per heavy atom. The predicted molar refractivity (Wildman–Crippen MR) is 100 cm³/mol. The van der Waals surface area contributed by atoms with Crippen LogP contribution in [0.25, 0.3) is 0 Å². The summed E-state index contributed by atoms with van der Waals surface area (Å²) in [5.41, 5.74) is 1.20. The maximum absolute atomic E-state index is 11.6. The lowest BCUT2D eigenvalue weighted by molar-refractivity contribution is -0.124. The van der Waals surface area contributed by atoms with Crippen LogP contribution in [0.3, 0.4) is 0 Å². The van der Waals surface area contributed by atoms with Crippen molar-refractivity contribution in [2.75, 3.05) is 46.4 Å². The van der Waals surface area contributed by atoms with E-state index in [4.69, 9.17) is 4.74 Å². The van der Waals surface area contributed by atoms with Crippen LogP contribution in [0.1, 0.15) is 12.5 Å². The highest BCUT2D eigenvalue weighted by Gasteiger charge is 2.27. The summed E-state index contributed by atoms with van der Waals surface area (Å²) in [5, 5.41) is 5.70. The van der Waals surface area contributed by atoms with Crippen LogP contribution in [0.2, 0.25) is 0 Å². The fraction of sp³-hybridized carbons (Fsp3) is 0.500. The molecule has 1 fully saturated rings. The maximum atomic E-state index is 11.6. The lowest BCUT2D eigenvalue weighted by Gasteiger charge is -2.22. The van der Waals surface area contributed by atoms with E-state index >= 15 is 0 Å². The molecule has 1 aromatic rings. The van der Waals surface area contributed by atoms with Crippen molar-refractivity contribution in [2.24, 2.45) is 4.99 Å². The monoisotopic (exact) mass is 361 g/mol. The molecule has 0 aliphatic carbocycles. The van der Waals surface area contributed by atoms with E-state index < -0.39 is 0 Å². The number of imide groups is 1. The topological polar surface area (TPSA) is 86.3 Å². The van der Waals surface area contributed by atoms with Crippen molar-refractivity contribution < 1.29 is 14.3 Å². The molecule has 2 rings (SSSR count). The Labute approximate surface area is 154 Å². The zero-order valence-corrected chi connectivity index (χ0v) is 15.6. The van der Waals surface area contributed by atoms with Crippen molar-refractivity contribution in [3.63, 3.8) is 0 Å². The molecular formula is C18H27N5O3. The zero-order valence-electron chi connectivity index (χ0n) is 15.6. The average Bonchev–Trinajstić information content (AvgIpc) is 2.94. The molecule has 0 radical (unpaired) electrons. The van der Waals surface area contributed by atoms with Gasteiger partial charge in [0, 0.05) is 13.6 Å². The van der Waals surface area contributed by atoms with E-state index in [1.54, 1.807) is 0 Å². The van der Waals surface area contributed by atoms with Gasteiger partial charge in [-0.3, -0.25) is 14.7 Å². The lowest BCUT2D eigenvalue weighted by atomic mass is 10.2. The molecule has 0 spiro atoms. The first-order valence-electron chi connectivity index (χ1n) is 8.78. The van der Waals surface area contributed by atoms with Gasteiger partial charge in [0.25, 0.3) is 0 Å². The SMILES string of the molecule is CCNC(=NCCN1C(=O)CNC1=O)N(C)CCOc1ccc(C)cc1. The second-order valence-electron chi connectivity index (χ2n) is 6.02. The number of carbonyl (C=O) groups excluding carboxylic acids is 2. The first kappa shape index (κ1) is 19.6. The van der Waals surface area contributed by atoms with Gasteiger partial charge in [0.1, 0.15) is 12.4 Å². The smallest absolute Gasteiger partial charge is 0.324 e. The van der Waals surface area contributed by atoms with Gasteiger partial charge in [-0.25, -0.2) is 4.79 Å². The summed E-state index contributed by atoms with van der Waals surface area (Å²) in [5.74, 6) is 1.34. The van der Waals surface area contributed by atoms with Gasteiger partial charge in [-0.2, -0.15) is 0 Å². The number of benzene rings is 1. The van der Waals surface area contributed by atoms with E-state index in [9.17, 15) is 9.59 Å². The largest absolute Gasteiger partial charge is 0.492 e. The Kier molecular flexibility index (Phi) is 7.25. The van der Waals surface area contributed by atoms with Gasteiger partial charge in [-0.15, -0.1) is 0 Å². The fourth-order valence-corrected chi connectivity index (χ4v) is 2.45. The summed E-state index contributed by atoms with van der Waals surface area (Å²) in [6.07, 6.45) is 0.